The second-order valence-corrected chi connectivity index (χ2v) is 7.37. The van der Waals surface area contributed by atoms with Crippen LogP contribution in [0.4, 0.5) is 4.39 Å². The van der Waals surface area contributed by atoms with Crippen LogP contribution in [0.1, 0.15) is 46.8 Å². The molecule has 0 bridgehead atoms. The molecular weight excluding hydrogens is 343 g/mol. The van der Waals surface area contributed by atoms with Crippen molar-refractivity contribution in [2.45, 2.75) is 31.7 Å². The van der Waals surface area contributed by atoms with E-state index in [0.717, 1.165) is 12.8 Å². The molecule has 1 N–H and O–H groups in total. The van der Waals surface area contributed by atoms with Crippen LogP contribution in [0.5, 0.6) is 0 Å². The van der Waals surface area contributed by atoms with Crippen LogP contribution in [0, 0.1) is 11.7 Å². The highest BCUT2D eigenvalue weighted by atomic mass is 19.1. The van der Waals surface area contributed by atoms with Gasteiger partial charge in [-0.1, -0.05) is 24.3 Å². The van der Waals surface area contributed by atoms with Gasteiger partial charge in [0.1, 0.15) is 5.82 Å². The molecular formula is C22H23FN2O2. The Labute approximate surface area is 158 Å². The highest BCUT2D eigenvalue weighted by Crippen LogP contribution is 2.31. The Morgan fingerprint density at radius 2 is 1.67 bits per heavy atom. The number of hydrogen-bond acceptors (Lipinski definition) is 2. The van der Waals surface area contributed by atoms with Gasteiger partial charge in [0.2, 0.25) is 5.91 Å². The van der Waals surface area contributed by atoms with Crippen LogP contribution in [-0.2, 0) is 11.2 Å². The summed E-state index contributed by atoms with van der Waals surface area (Å²) in [5.74, 6) is -0.422. The molecule has 0 unspecified atom stereocenters. The number of piperidine rings is 1. The zero-order valence-corrected chi connectivity index (χ0v) is 15.2. The van der Waals surface area contributed by atoms with Crippen LogP contribution in [0.25, 0.3) is 0 Å². The van der Waals surface area contributed by atoms with Gasteiger partial charge in [0.25, 0.3) is 5.91 Å². The molecule has 140 valence electrons. The maximum Gasteiger partial charge on any atom is 0.253 e. The van der Waals surface area contributed by atoms with Crippen LogP contribution in [0.15, 0.2) is 48.5 Å². The number of amides is 2. The van der Waals surface area contributed by atoms with Gasteiger partial charge in [-0.3, -0.25) is 9.59 Å². The van der Waals surface area contributed by atoms with Gasteiger partial charge in [0, 0.05) is 24.6 Å². The van der Waals surface area contributed by atoms with Gasteiger partial charge >= 0.3 is 0 Å². The fraction of sp³-hybridized carbons (Fsp3) is 0.364. The molecule has 0 saturated carbocycles. The van der Waals surface area contributed by atoms with E-state index in [0.29, 0.717) is 31.5 Å². The van der Waals surface area contributed by atoms with Crippen molar-refractivity contribution in [1.82, 2.24) is 10.2 Å². The summed E-state index contributed by atoms with van der Waals surface area (Å²) in [5.41, 5.74) is 3.04. The number of nitrogens with one attached hydrogen (secondary N) is 1. The van der Waals surface area contributed by atoms with Crippen molar-refractivity contribution in [2.75, 3.05) is 13.1 Å². The summed E-state index contributed by atoms with van der Waals surface area (Å²) in [4.78, 5) is 26.9. The van der Waals surface area contributed by atoms with Crippen molar-refractivity contribution in [3.05, 3.63) is 71.0 Å². The van der Waals surface area contributed by atoms with Gasteiger partial charge in [0.15, 0.2) is 0 Å². The Bertz CT molecular complexity index is 842. The van der Waals surface area contributed by atoms with E-state index < -0.39 is 0 Å². The summed E-state index contributed by atoms with van der Waals surface area (Å²) in [7, 11) is 0. The molecule has 2 aliphatic rings. The van der Waals surface area contributed by atoms with E-state index in [9.17, 15) is 14.0 Å². The predicted molar refractivity (Wildman–Crippen MR) is 101 cm³/mol. The summed E-state index contributed by atoms with van der Waals surface area (Å²) in [6.07, 6.45) is 3.28. The molecule has 5 heteroatoms. The molecule has 2 aromatic carbocycles. The average Bonchev–Trinajstić information content (AvgIpc) is 3.11. The van der Waals surface area contributed by atoms with E-state index in [1.165, 1.54) is 35.4 Å². The molecule has 0 radical (unpaired) electrons. The molecule has 1 saturated heterocycles. The van der Waals surface area contributed by atoms with Crippen molar-refractivity contribution >= 4 is 11.8 Å². The quantitative estimate of drug-likeness (QED) is 0.904. The topological polar surface area (TPSA) is 49.4 Å². The monoisotopic (exact) mass is 366 g/mol. The molecule has 2 amide bonds. The molecule has 1 fully saturated rings. The fourth-order valence-corrected chi connectivity index (χ4v) is 4.12. The minimum absolute atomic E-state index is 0.0602. The van der Waals surface area contributed by atoms with Crippen molar-refractivity contribution in [3.8, 4) is 0 Å². The second-order valence-electron chi connectivity index (χ2n) is 7.37. The molecule has 2 aromatic rings. The third-order valence-corrected chi connectivity index (χ3v) is 5.69. The lowest BCUT2D eigenvalue weighted by Gasteiger charge is -2.32. The molecule has 4 rings (SSSR count). The van der Waals surface area contributed by atoms with Crippen LogP contribution in [0.2, 0.25) is 0 Å². The Kier molecular flexibility index (Phi) is 4.92. The zero-order valence-electron chi connectivity index (χ0n) is 15.2. The first-order valence-electron chi connectivity index (χ1n) is 9.55. The number of carbonyl (C=O) groups excluding carboxylic acids is 2. The summed E-state index contributed by atoms with van der Waals surface area (Å²) < 4.78 is 13.0. The largest absolute Gasteiger partial charge is 0.349 e. The first-order chi connectivity index (χ1) is 13.1. The van der Waals surface area contributed by atoms with Crippen molar-refractivity contribution in [3.63, 3.8) is 0 Å². The number of rotatable bonds is 3. The SMILES string of the molecule is O=C(N[C@H]1CCc2ccccc21)C1CCN(C(=O)c2ccc(F)cc2)CC1. The third-order valence-electron chi connectivity index (χ3n) is 5.69. The predicted octanol–water partition coefficient (Wildman–Crippen LogP) is 3.48. The first-order valence-corrected chi connectivity index (χ1v) is 9.55. The van der Waals surface area contributed by atoms with E-state index >= 15 is 0 Å². The van der Waals surface area contributed by atoms with E-state index in [4.69, 9.17) is 0 Å². The number of nitrogens with zero attached hydrogens (tertiary/aromatic N) is 1. The number of hydrogen-bond donors (Lipinski definition) is 1. The highest BCUT2D eigenvalue weighted by Gasteiger charge is 2.30. The van der Waals surface area contributed by atoms with Crippen molar-refractivity contribution < 1.29 is 14.0 Å². The Morgan fingerprint density at radius 1 is 0.963 bits per heavy atom. The number of carbonyl (C=O) groups is 2. The maximum atomic E-state index is 13.0. The Morgan fingerprint density at radius 3 is 2.41 bits per heavy atom. The lowest BCUT2D eigenvalue weighted by atomic mass is 9.94. The fourth-order valence-electron chi connectivity index (χ4n) is 4.12. The molecule has 1 atom stereocenters. The van der Waals surface area contributed by atoms with Gasteiger partial charge < -0.3 is 10.2 Å². The van der Waals surface area contributed by atoms with Gasteiger partial charge in [-0.25, -0.2) is 4.39 Å². The molecule has 0 aromatic heterocycles. The smallest absolute Gasteiger partial charge is 0.253 e. The van der Waals surface area contributed by atoms with Crippen LogP contribution >= 0.6 is 0 Å². The highest BCUT2D eigenvalue weighted by molar-refractivity contribution is 5.94. The molecule has 4 nitrogen and oxygen atoms in total. The van der Waals surface area contributed by atoms with Crippen LogP contribution in [-0.4, -0.2) is 29.8 Å². The molecule has 27 heavy (non-hydrogen) atoms. The molecule has 1 aliphatic carbocycles. The normalized spacial score (nSPS) is 19.6. The van der Waals surface area contributed by atoms with E-state index in [1.807, 2.05) is 12.1 Å². The second kappa shape index (κ2) is 7.51. The maximum absolute atomic E-state index is 13.0. The van der Waals surface area contributed by atoms with Crippen molar-refractivity contribution in [2.24, 2.45) is 5.92 Å². The average molecular weight is 366 g/mol. The summed E-state index contributed by atoms with van der Waals surface area (Å²) in [6, 6.07) is 14.0. The Balaban J connectivity index is 1.32. The van der Waals surface area contributed by atoms with E-state index in [1.54, 1.807) is 4.90 Å². The molecule has 1 heterocycles. The number of likely N-dealkylation sites (tertiary alicyclic amines) is 1. The number of benzene rings is 2. The minimum Gasteiger partial charge on any atom is -0.349 e. The standard InChI is InChI=1S/C22H23FN2O2/c23-18-8-5-17(6-9-18)22(27)25-13-11-16(12-14-25)21(26)24-20-10-7-15-3-1-2-4-19(15)20/h1-6,8-9,16,20H,7,10-14H2,(H,24,26)/t20-/m0/s1. The van der Waals surface area contributed by atoms with Crippen LogP contribution in [0.3, 0.4) is 0 Å². The molecule has 0 spiro atoms. The lowest BCUT2D eigenvalue weighted by Crippen LogP contribution is -2.43. The first kappa shape index (κ1) is 17.7. The van der Waals surface area contributed by atoms with Gasteiger partial charge in [-0.05, 0) is 61.1 Å². The van der Waals surface area contributed by atoms with E-state index in [2.05, 4.69) is 17.4 Å². The minimum atomic E-state index is -0.351. The van der Waals surface area contributed by atoms with Crippen molar-refractivity contribution in [1.29, 1.82) is 0 Å². The molecule has 1 aliphatic heterocycles. The Hall–Kier alpha value is -2.69. The third kappa shape index (κ3) is 3.72. The van der Waals surface area contributed by atoms with Crippen LogP contribution < -0.4 is 5.32 Å². The number of fused-ring (bicyclic) bond motifs is 1. The van der Waals surface area contributed by atoms with E-state index in [-0.39, 0.29) is 29.6 Å². The summed E-state index contributed by atoms with van der Waals surface area (Å²) in [5, 5.41) is 3.20. The van der Waals surface area contributed by atoms with Gasteiger partial charge in [-0.2, -0.15) is 0 Å². The summed E-state index contributed by atoms with van der Waals surface area (Å²) >= 11 is 0. The number of aryl methyl sites for hydroxylation is 1. The zero-order chi connectivity index (χ0) is 18.8. The number of halogens is 1. The lowest BCUT2D eigenvalue weighted by molar-refractivity contribution is -0.127. The van der Waals surface area contributed by atoms with Gasteiger partial charge in [0.05, 0.1) is 6.04 Å². The van der Waals surface area contributed by atoms with Gasteiger partial charge in [-0.15, -0.1) is 0 Å². The summed E-state index contributed by atoms with van der Waals surface area (Å²) in [6.45, 7) is 1.10.